The fourth-order valence-electron chi connectivity index (χ4n) is 1.70. The standard InChI is InChI=1S/C13H12N2O5/c1-2-20-13(19)12(18)15-9-10(16)7-5-3-4-6-8(7)14-11(9)17/h3-6H,2H2,1H3,(H,15,18)(H2,14,16,17). The zero-order valence-electron chi connectivity index (χ0n) is 10.6. The van der Waals surface area contributed by atoms with Gasteiger partial charge >= 0.3 is 11.9 Å². The molecule has 7 nitrogen and oxygen atoms in total. The Bertz CT molecular complexity index is 735. The number of carbonyl (C=O) groups is 2. The number of rotatable bonds is 2. The number of hydrogen-bond acceptors (Lipinski definition) is 5. The zero-order valence-corrected chi connectivity index (χ0v) is 10.6. The van der Waals surface area contributed by atoms with E-state index in [2.05, 4.69) is 9.72 Å². The van der Waals surface area contributed by atoms with Crippen molar-refractivity contribution < 1.29 is 19.4 Å². The Morgan fingerprint density at radius 3 is 2.75 bits per heavy atom. The molecule has 1 amide bonds. The maximum atomic E-state index is 11.8. The van der Waals surface area contributed by atoms with Crippen LogP contribution < -0.4 is 10.9 Å². The number of aromatic hydroxyl groups is 1. The molecule has 0 saturated carbocycles. The molecule has 0 aliphatic rings. The highest BCUT2D eigenvalue weighted by Gasteiger charge is 2.20. The molecule has 3 N–H and O–H groups in total. The van der Waals surface area contributed by atoms with E-state index >= 15 is 0 Å². The number of H-pyrrole nitrogens is 1. The Kier molecular flexibility index (Phi) is 3.69. The summed E-state index contributed by atoms with van der Waals surface area (Å²) in [7, 11) is 0. The molecule has 20 heavy (non-hydrogen) atoms. The first-order chi connectivity index (χ1) is 9.54. The molecule has 0 atom stereocenters. The van der Waals surface area contributed by atoms with Crippen LogP contribution in [0.2, 0.25) is 0 Å². The van der Waals surface area contributed by atoms with Gasteiger partial charge in [-0.3, -0.25) is 9.59 Å². The quantitative estimate of drug-likeness (QED) is 0.553. The van der Waals surface area contributed by atoms with Gasteiger partial charge < -0.3 is 20.1 Å². The summed E-state index contributed by atoms with van der Waals surface area (Å²) in [6.45, 7) is 1.58. The number of benzene rings is 1. The molecular weight excluding hydrogens is 264 g/mol. The van der Waals surface area contributed by atoms with Gasteiger partial charge in [0.15, 0.2) is 11.4 Å². The topological polar surface area (TPSA) is 108 Å². The maximum Gasteiger partial charge on any atom is 0.397 e. The third kappa shape index (κ3) is 2.46. The van der Waals surface area contributed by atoms with Crippen molar-refractivity contribution in [1.29, 1.82) is 0 Å². The molecule has 0 aliphatic carbocycles. The number of carbonyl (C=O) groups excluding carboxylic acids is 2. The highest BCUT2D eigenvalue weighted by molar-refractivity contribution is 6.37. The predicted octanol–water partition coefficient (Wildman–Crippen LogP) is 0.735. The molecule has 0 bridgehead atoms. The monoisotopic (exact) mass is 276 g/mol. The van der Waals surface area contributed by atoms with Crippen molar-refractivity contribution >= 4 is 28.5 Å². The van der Waals surface area contributed by atoms with Crippen molar-refractivity contribution in [3.8, 4) is 5.75 Å². The number of para-hydroxylation sites is 1. The van der Waals surface area contributed by atoms with Gasteiger partial charge in [0, 0.05) is 5.39 Å². The number of aromatic nitrogens is 1. The van der Waals surface area contributed by atoms with Crippen LogP contribution in [0.4, 0.5) is 5.69 Å². The van der Waals surface area contributed by atoms with Gasteiger partial charge in [0.25, 0.3) is 5.56 Å². The van der Waals surface area contributed by atoms with Crippen molar-refractivity contribution in [3.05, 3.63) is 34.6 Å². The number of nitrogens with one attached hydrogen (secondary N) is 2. The van der Waals surface area contributed by atoms with Crippen LogP contribution in [0, 0.1) is 0 Å². The fraction of sp³-hybridized carbons (Fsp3) is 0.154. The number of ether oxygens (including phenoxy) is 1. The van der Waals surface area contributed by atoms with E-state index in [1.54, 1.807) is 31.2 Å². The normalized spacial score (nSPS) is 10.2. The van der Waals surface area contributed by atoms with Crippen LogP contribution in [-0.4, -0.2) is 28.6 Å². The summed E-state index contributed by atoms with van der Waals surface area (Å²) in [5.74, 6) is -2.65. The van der Waals surface area contributed by atoms with Gasteiger partial charge in [-0.25, -0.2) is 4.79 Å². The maximum absolute atomic E-state index is 11.8. The van der Waals surface area contributed by atoms with Gasteiger partial charge in [0.05, 0.1) is 12.1 Å². The summed E-state index contributed by atoms with van der Waals surface area (Å²) in [6, 6.07) is 6.53. The Morgan fingerprint density at radius 1 is 1.35 bits per heavy atom. The van der Waals surface area contributed by atoms with E-state index in [0.29, 0.717) is 10.9 Å². The van der Waals surface area contributed by atoms with Crippen LogP contribution in [0.5, 0.6) is 5.75 Å². The Labute approximate surface area is 113 Å². The van der Waals surface area contributed by atoms with Crippen molar-refractivity contribution in [1.82, 2.24) is 4.98 Å². The summed E-state index contributed by atoms with van der Waals surface area (Å²) in [5, 5.41) is 12.4. The first-order valence-electron chi connectivity index (χ1n) is 5.86. The second-order valence-electron chi connectivity index (χ2n) is 3.90. The van der Waals surface area contributed by atoms with Gasteiger partial charge in [-0.15, -0.1) is 0 Å². The smallest absolute Gasteiger partial charge is 0.397 e. The lowest BCUT2D eigenvalue weighted by atomic mass is 10.2. The van der Waals surface area contributed by atoms with Crippen LogP contribution in [0.3, 0.4) is 0 Å². The van der Waals surface area contributed by atoms with Crippen LogP contribution in [0.15, 0.2) is 29.1 Å². The largest absolute Gasteiger partial charge is 0.505 e. The van der Waals surface area contributed by atoms with E-state index in [-0.39, 0.29) is 12.3 Å². The SMILES string of the molecule is CCOC(=O)C(=O)Nc1c(O)c2ccccc2[nH]c1=O. The zero-order chi connectivity index (χ0) is 14.7. The minimum absolute atomic E-state index is 0.0340. The van der Waals surface area contributed by atoms with E-state index in [1.807, 2.05) is 5.32 Å². The first kappa shape index (κ1) is 13.6. The lowest BCUT2D eigenvalue weighted by Crippen LogP contribution is -2.28. The fourth-order valence-corrected chi connectivity index (χ4v) is 1.70. The van der Waals surface area contributed by atoms with Crippen molar-refractivity contribution in [2.45, 2.75) is 6.92 Å². The van der Waals surface area contributed by atoms with Gasteiger partial charge in [0.2, 0.25) is 0 Å². The Hall–Kier alpha value is -2.83. The van der Waals surface area contributed by atoms with Crippen LogP contribution in [-0.2, 0) is 14.3 Å². The predicted molar refractivity (Wildman–Crippen MR) is 71.5 cm³/mol. The summed E-state index contributed by atoms with van der Waals surface area (Å²) in [6.07, 6.45) is 0. The number of anilines is 1. The molecule has 1 heterocycles. The second-order valence-corrected chi connectivity index (χ2v) is 3.90. The number of aromatic amines is 1. The average Bonchev–Trinajstić information content (AvgIpc) is 2.43. The molecule has 2 rings (SSSR count). The van der Waals surface area contributed by atoms with Crippen molar-refractivity contribution in [2.24, 2.45) is 0 Å². The van der Waals surface area contributed by atoms with Crippen molar-refractivity contribution in [2.75, 3.05) is 11.9 Å². The third-order valence-electron chi connectivity index (χ3n) is 2.59. The molecule has 7 heteroatoms. The Morgan fingerprint density at radius 2 is 2.05 bits per heavy atom. The van der Waals surface area contributed by atoms with Gasteiger partial charge in [-0.1, -0.05) is 12.1 Å². The molecule has 1 aromatic carbocycles. The molecule has 0 aliphatic heterocycles. The number of esters is 1. The second kappa shape index (κ2) is 5.43. The van der Waals surface area contributed by atoms with E-state index in [9.17, 15) is 19.5 Å². The highest BCUT2D eigenvalue weighted by atomic mass is 16.5. The summed E-state index contributed by atoms with van der Waals surface area (Å²) < 4.78 is 4.50. The molecule has 104 valence electrons. The van der Waals surface area contributed by atoms with Crippen LogP contribution >= 0.6 is 0 Å². The van der Waals surface area contributed by atoms with Crippen LogP contribution in [0.1, 0.15) is 6.92 Å². The average molecular weight is 276 g/mol. The summed E-state index contributed by atoms with van der Waals surface area (Å²) in [4.78, 5) is 37.0. The molecule has 0 fully saturated rings. The summed E-state index contributed by atoms with van der Waals surface area (Å²) in [5.41, 5.74) is -0.676. The number of pyridine rings is 1. The molecule has 0 unspecified atom stereocenters. The van der Waals surface area contributed by atoms with Gasteiger partial charge in [-0.2, -0.15) is 0 Å². The van der Waals surface area contributed by atoms with E-state index in [4.69, 9.17) is 0 Å². The molecule has 0 saturated heterocycles. The Balaban J connectivity index is 2.42. The van der Waals surface area contributed by atoms with Gasteiger partial charge in [-0.05, 0) is 19.1 Å². The molecular formula is C13H12N2O5. The van der Waals surface area contributed by atoms with E-state index in [1.165, 1.54) is 0 Å². The van der Waals surface area contributed by atoms with E-state index in [0.717, 1.165) is 0 Å². The highest BCUT2D eigenvalue weighted by Crippen LogP contribution is 2.27. The lowest BCUT2D eigenvalue weighted by Gasteiger charge is -2.08. The molecule has 0 radical (unpaired) electrons. The first-order valence-corrected chi connectivity index (χ1v) is 5.86. The molecule has 0 spiro atoms. The van der Waals surface area contributed by atoms with Crippen LogP contribution in [0.25, 0.3) is 10.9 Å². The number of hydrogen-bond donors (Lipinski definition) is 3. The minimum Gasteiger partial charge on any atom is -0.505 e. The molecule has 1 aromatic heterocycles. The van der Waals surface area contributed by atoms with Crippen molar-refractivity contribution in [3.63, 3.8) is 0 Å². The van der Waals surface area contributed by atoms with E-state index < -0.39 is 23.2 Å². The third-order valence-corrected chi connectivity index (χ3v) is 2.59. The lowest BCUT2D eigenvalue weighted by molar-refractivity contribution is -0.152. The summed E-state index contributed by atoms with van der Waals surface area (Å²) >= 11 is 0. The van der Waals surface area contributed by atoms with Gasteiger partial charge in [0.1, 0.15) is 0 Å². The number of amides is 1. The minimum atomic E-state index is -1.13. The number of fused-ring (bicyclic) bond motifs is 1. The molecule has 2 aromatic rings.